The summed E-state index contributed by atoms with van der Waals surface area (Å²) in [5, 5.41) is 9.01. The second-order valence-electron chi connectivity index (χ2n) is 4.45. The fraction of sp³-hybridized carbons (Fsp3) is 0.0667. The topological polar surface area (TPSA) is 44.5 Å². The summed E-state index contributed by atoms with van der Waals surface area (Å²) in [6.07, 6.45) is 0. The van der Waals surface area contributed by atoms with Crippen molar-refractivity contribution >= 4 is 23.3 Å². The van der Waals surface area contributed by atoms with Crippen molar-refractivity contribution < 1.29 is 0 Å². The van der Waals surface area contributed by atoms with Crippen molar-refractivity contribution in [3.05, 3.63) is 58.4 Å². The summed E-state index contributed by atoms with van der Waals surface area (Å²) < 4.78 is 2.59. The lowest BCUT2D eigenvalue weighted by Gasteiger charge is -2.05. The van der Waals surface area contributed by atoms with Crippen LogP contribution >= 0.6 is 12.2 Å². The highest BCUT2D eigenvalue weighted by atomic mass is 32.1. The van der Waals surface area contributed by atoms with E-state index in [0.717, 1.165) is 16.7 Å². The van der Waals surface area contributed by atoms with Crippen LogP contribution in [0.1, 0.15) is 11.1 Å². The summed E-state index contributed by atoms with van der Waals surface area (Å²) >= 11 is 5.38. The Kier molecular flexibility index (Phi) is 2.69. The second-order valence-corrected chi connectivity index (χ2v) is 4.83. The molecule has 0 bridgehead atoms. The molecule has 92 valence electrons. The van der Waals surface area contributed by atoms with Crippen LogP contribution in [0.15, 0.2) is 42.5 Å². The highest BCUT2D eigenvalue weighted by molar-refractivity contribution is 7.71. The molecule has 4 heteroatoms. The highest BCUT2D eigenvalue weighted by Gasteiger charge is 2.07. The van der Waals surface area contributed by atoms with Crippen LogP contribution in [0.2, 0.25) is 0 Å². The van der Waals surface area contributed by atoms with Gasteiger partial charge in [-0.1, -0.05) is 12.1 Å². The number of H-pyrrole nitrogens is 1. The van der Waals surface area contributed by atoms with Crippen molar-refractivity contribution in [2.24, 2.45) is 0 Å². The number of nitrogens with one attached hydrogen (secondary N) is 1. The summed E-state index contributed by atoms with van der Waals surface area (Å²) in [4.78, 5) is 3.16. The van der Waals surface area contributed by atoms with Gasteiger partial charge in [0.2, 0.25) is 0 Å². The SMILES string of the molecule is Cc1cccc(-n2c(=S)[nH]c3ccc(C#N)cc32)c1. The van der Waals surface area contributed by atoms with Crippen LogP contribution in [-0.2, 0) is 0 Å². The van der Waals surface area contributed by atoms with Gasteiger partial charge in [-0.25, -0.2) is 0 Å². The number of imidazole rings is 1. The lowest BCUT2D eigenvalue weighted by molar-refractivity contribution is 1.06. The van der Waals surface area contributed by atoms with Crippen molar-refractivity contribution in [3.8, 4) is 11.8 Å². The van der Waals surface area contributed by atoms with E-state index in [0.29, 0.717) is 10.3 Å². The van der Waals surface area contributed by atoms with E-state index in [-0.39, 0.29) is 0 Å². The quantitative estimate of drug-likeness (QED) is 0.679. The number of aromatic nitrogens is 2. The van der Waals surface area contributed by atoms with Crippen molar-refractivity contribution in [3.63, 3.8) is 0 Å². The summed E-state index contributed by atoms with van der Waals surface area (Å²) in [6, 6.07) is 15.8. The summed E-state index contributed by atoms with van der Waals surface area (Å²) in [5.74, 6) is 0. The third-order valence-corrected chi connectivity index (χ3v) is 3.36. The van der Waals surface area contributed by atoms with E-state index in [1.807, 2.05) is 41.8 Å². The molecule has 0 atom stereocenters. The molecule has 0 aliphatic rings. The molecule has 0 aliphatic carbocycles. The maximum Gasteiger partial charge on any atom is 0.182 e. The van der Waals surface area contributed by atoms with Gasteiger partial charge in [0.15, 0.2) is 4.77 Å². The molecule has 3 aromatic rings. The first kappa shape index (κ1) is 11.7. The first-order valence-corrected chi connectivity index (χ1v) is 6.32. The summed E-state index contributed by atoms with van der Waals surface area (Å²) in [7, 11) is 0. The van der Waals surface area contributed by atoms with E-state index in [9.17, 15) is 0 Å². The molecule has 0 amide bonds. The van der Waals surface area contributed by atoms with Gasteiger partial charge in [0, 0.05) is 5.69 Å². The second kappa shape index (κ2) is 4.38. The molecule has 0 radical (unpaired) electrons. The lowest BCUT2D eigenvalue weighted by Crippen LogP contribution is -1.94. The zero-order chi connectivity index (χ0) is 13.4. The van der Waals surface area contributed by atoms with E-state index in [1.165, 1.54) is 5.56 Å². The number of hydrogen-bond acceptors (Lipinski definition) is 2. The molecule has 0 saturated heterocycles. The zero-order valence-corrected chi connectivity index (χ0v) is 11.2. The Balaban J connectivity index is 2.37. The minimum Gasteiger partial charge on any atom is -0.330 e. The number of benzene rings is 2. The molecule has 0 saturated carbocycles. The average Bonchev–Trinajstić information content (AvgIpc) is 2.73. The van der Waals surface area contributed by atoms with Crippen LogP contribution in [0.3, 0.4) is 0 Å². The van der Waals surface area contributed by atoms with E-state index >= 15 is 0 Å². The van der Waals surface area contributed by atoms with Crippen LogP contribution in [-0.4, -0.2) is 9.55 Å². The van der Waals surface area contributed by atoms with Crippen molar-refractivity contribution in [1.29, 1.82) is 5.26 Å². The molecule has 2 aromatic carbocycles. The number of hydrogen-bond donors (Lipinski definition) is 1. The van der Waals surface area contributed by atoms with E-state index in [4.69, 9.17) is 17.5 Å². The first-order chi connectivity index (χ1) is 9.19. The Hall–Kier alpha value is -2.38. The van der Waals surface area contributed by atoms with Crippen LogP contribution in [0.25, 0.3) is 16.7 Å². The molecule has 3 nitrogen and oxygen atoms in total. The molecule has 0 unspecified atom stereocenters. The monoisotopic (exact) mass is 265 g/mol. The van der Waals surface area contributed by atoms with Crippen molar-refractivity contribution in [2.45, 2.75) is 6.92 Å². The van der Waals surface area contributed by atoms with Crippen LogP contribution in [0, 0.1) is 23.0 Å². The van der Waals surface area contributed by atoms with Gasteiger partial charge in [-0.05, 0) is 55.0 Å². The summed E-state index contributed by atoms with van der Waals surface area (Å²) in [6.45, 7) is 2.04. The minimum atomic E-state index is 0.628. The Morgan fingerprint density at radius 1 is 1.21 bits per heavy atom. The normalized spacial score (nSPS) is 10.5. The van der Waals surface area contributed by atoms with Gasteiger partial charge in [0.1, 0.15) is 0 Å². The minimum absolute atomic E-state index is 0.628. The standard InChI is InChI=1S/C15H11N3S/c1-10-3-2-4-12(7-10)18-14-8-11(9-16)5-6-13(14)17-15(18)19/h2-8H,1H3,(H,17,19). The van der Waals surface area contributed by atoms with Crippen LogP contribution < -0.4 is 0 Å². The van der Waals surface area contributed by atoms with Gasteiger partial charge in [0.25, 0.3) is 0 Å². The van der Waals surface area contributed by atoms with Gasteiger partial charge in [0.05, 0.1) is 22.7 Å². The fourth-order valence-corrected chi connectivity index (χ4v) is 2.51. The molecule has 0 spiro atoms. The molecule has 1 N–H and O–H groups in total. The van der Waals surface area contributed by atoms with Crippen molar-refractivity contribution in [2.75, 3.05) is 0 Å². The number of rotatable bonds is 1. The molecule has 3 rings (SSSR count). The number of fused-ring (bicyclic) bond motifs is 1. The van der Waals surface area contributed by atoms with Crippen LogP contribution in [0.4, 0.5) is 0 Å². The fourth-order valence-electron chi connectivity index (χ4n) is 2.20. The van der Waals surface area contributed by atoms with E-state index in [2.05, 4.69) is 17.1 Å². The lowest BCUT2D eigenvalue weighted by atomic mass is 10.2. The number of nitriles is 1. The Morgan fingerprint density at radius 3 is 2.79 bits per heavy atom. The predicted octanol–water partition coefficient (Wildman–Crippen LogP) is 3.87. The van der Waals surface area contributed by atoms with Gasteiger partial charge >= 0.3 is 0 Å². The summed E-state index contributed by atoms with van der Waals surface area (Å²) in [5.41, 5.74) is 4.67. The Morgan fingerprint density at radius 2 is 2.05 bits per heavy atom. The van der Waals surface area contributed by atoms with Gasteiger partial charge in [-0.3, -0.25) is 4.57 Å². The number of aromatic amines is 1. The van der Waals surface area contributed by atoms with Gasteiger partial charge in [-0.2, -0.15) is 5.26 Å². The third-order valence-electron chi connectivity index (χ3n) is 3.07. The van der Waals surface area contributed by atoms with E-state index in [1.54, 1.807) is 6.07 Å². The molecule has 0 aliphatic heterocycles. The molecule has 1 heterocycles. The molecule has 19 heavy (non-hydrogen) atoms. The maximum absolute atomic E-state index is 9.01. The zero-order valence-electron chi connectivity index (χ0n) is 10.3. The maximum atomic E-state index is 9.01. The Labute approximate surface area is 115 Å². The van der Waals surface area contributed by atoms with E-state index < -0.39 is 0 Å². The molecule has 1 aromatic heterocycles. The third kappa shape index (κ3) is 1.94. The largest absolute Gasteiger partial charge is 0.330 e. The first-order valence-electron chi connectivity index (χ1n) is 5.91. The molecular formula is C15H11N3S. The highest BCUT2D eigenvalue weighted by Crippen LogP contribution is 2.21. The molecule has 0 fully saturated rings. The van der Waals surface area contributed by atoms with Crippen LogP contribution in [0.5, 0.6) is 0 Å². The number of aryl methyl sites for hydroxylation is 1. The predicted molar refractivity (Wildman–Crippen MR) is 77.9 cm³/mol. The van der Waals surface area contributed by atoms with Gasteiger partial charge < -0.3 is 4.98 Å². The smallest absolute Gasteiger partial charge is 0.182 e. The molecular weight excluding hydrogens is 254 g/mol. The van der Waals surface area contributed by atoms with Crippen molar-refractivity contribution in [1.82, 2.24) is 9.55 Å². The average molecular weight is 265 g/mol. The Bertz CT molecular complexity index is 865. The van der Waals surface area contributed by atoms with Gasteiger partial charge in [-0.15, -0.1) is 0 Å². The number of nitrogens with zero attached hydrogens (tertiary/aromatic N) is 2.